The summed E-state index contributed by atoms with van der Waals surface area (Å²) in [6.45, 7) is 1.54. The zero-order valence-electron chi connectivity index (χ0n) is 7.41. The van der Waals surface area contributed by atoms with Gasteiger partial charge in [-0.25, -0.2) is 0 Å². The SMILES string of the molecule is O=C(CCCl)N1CCOC(CO)C1. The summed E-state index contributed by atoms with van der Waals surface area (Å²) < 4.78 is 5.21. The molecule has 0 aliphatic carbocycles. The number of carbonyl (C=O) groups excluding carboxylic acids is 1. The highest BCUT2D eigenvalue weighted by Gasteiger charge is 2.22. The Hall–Kier alpha value is -0.320. The topological polar surface area (TPSA) is 49.8 Å². The molecule has 1 rings (SSSR count). The lowest BCUT2D eigenvalue weighted by Crippen LogP contribution is -2.46. The van der Waals surface area contributed by atoms with Crippen LogP contribution in [0.5, 0.6) is 0 Å². The molecule has 0 aromatic rings. The largest absolute Gasteiger partial charge is 0.394 e. The van der Waals surface area contributed by atoms with Gasteiger partial charge in [-0.1, -0.05) is 0 Å². The van der Waals surface area contributed by atoms with Crippen LogP contribution in [0.1, 0.15) is 6.42 Å². The maximum Gasteiger partial charge on any atom is 0.223 e. The Kier molecular flexibility index (Phi) is 4.48. The van der Waals surface area contributed by atoms with Crippen LogP contribution >= 0.6 is 11.6 Å². The Labute approximate surface area is 82.4 Å². The van der Waals surface area contributed by atoms with Gasteiger partial charge in [-0.2, -0.15) is 0 Å². The summed E-state index contributed by atoms with van der Waals surface area (Å²) in [7, 11) is 0. The molecule has 0 radical (unpaired) electrons. The van der Waals surface area contributed by atoms with Crippen LogP contribution < -0.4 is 0 Å². The predicted molar refractivity (Wildman–Crippen MR) is 48.7 cm³/mol. The van der Waals surface area contributed by atoms with Gasteiger partial charge in [0.1, 0.15) is 0 Å². The van der Waals surface area contributed by atoms with Crippen molar-refractivity contribution in [3.05, 3.63) is 0 Å². The lowest BCUT2D eigenvalue weighted by molar-refractivity contribution is -0.139. The lowest BCUT2D eigenvalue weighted by Gasteiger charge is -2.31. The van der Waals surface area contributed by atoms with Gasteiger partial charge in [0.15, 0.2) is 0 Å². The average molecular weight is 208 g/mol. The van der Waals surface area contributed by atoms with E-state index in [1.54, 1.807) is 4.90 Å². The van der Waals surface area contributed by atoms with E-state index in [0.29, 0.717) is 32.0 Å². The minimum atomic E-state index is -0.229. The van der Waals surface area contributed by atoms with E-state index in [2.05, 4.69) is 0 Å². The summed E-state index contributed by atoms with van der Waals surface area (Å²) >= 11 is 5.46. The summed E-state index contributed by atoms with van der Waals surface area (Å²) in [6.07, 6.45) is 0.132. The fraction of sp³-hybridized carbons (Fsp3) is 0.875. The first-order valence-corrected chi connectivity index (χ1v) is 4.87. The number of rotatable bonds is 3. The van der Waals surface area contributed by atoms with Crippen molar-refractivity contribution in [3.63, 3.8) is 0 Å². The van der Waals surface area contributed by atoms with Gasteiger partial charge in [-0.15, -0.1) is 11.6 Å². The Morgan fingerprint density at radius 1 is 1.69 bits per heavy atom. The van der Waals surface area contributed by atoms with Crippen molar-refractivity contribution in [1.82, 2.24) is 4.90 Å². The Balaban J connectivity index is 2.37. The molecule has 0 aromatic heterocycles. The number of aliphatic hydroxyl groups is 1. The molecule has 0 saturated carbocycles. The van der Waals surface area contributed by atoms with E-state index in [4.69, 9.17) is 21.4 Å². The average Bonchev–Trinajstić information content (AvgIpc) is 2.18. The molecule has 1 aliphatic rings. The highest BCUT2D eigenvalue weighted by molar-refractivity contribution is 6.18. The van der Waals surface area contributed by atoms with E-state index < -0.39 is 0 Å². The van der Waals surface area contributed by atoms with Gasteiger partial charge >= 0.3 is 0 Å². The van der Waals surface area contributed by atoms with Crippen molar-refractivity contribution in [2.75, 3.05) is 32.2 Å². The first-order valence-electron chi connectivity index (χ1n) is 4.34. The molecule has 0 bridgehead atoms. The molecule has 5 heteroatoms. The molecule has 1 aliphatic heterocycles. The highest BCUT2D eigenvalue weighted by atomic mass is 35.5. The number of alkyl halides is 1. The summed E-state index contributed by atoms with van der Waals surface area (Å²) in [6, 6.07) is 0. The van der Waals surface area contributed by atoms with Crippen molar-refractivity contribution in [3.8, 4) is 0 Å². The molecular formula is C8H14ClNO3. The van der Waals surface area contributed by atoms with Crippen LogP contribution in [0.4, 0.5) is 0 Å². The number of hydrogen-bond acceptors (Lipinski definition) is 3. The third-order valence-corrected chi connectivity index (χ3v) is 2.19. The van der Waals surface area contributed by atoms with Crippen LogP contribution in [0.3, 0.4) is 0 Å². The van der Waals surface area contributed by atoms with Crippen molar-refractivity contribution in [2.45, 2.75) is 12.5 Å². The van der Waals surface area contributed by atoms with Crippen molar-refractivity contribution < 1.29 is 14.6 Å². The number of nitrogens with zero attached hydrogens (tertiary/aromatic N) is 1. The quantitative estimate of drug-likeness (QED) is 0.654. The van der Waals surface area contributed by atoms with Crippen LogP contribution in [-0.2, 0) is 9.53 Å². The van der Waals surface area contributed by atoms with E-state index in [1.807, 2.05) is 0 Å². The molecule has 1 N–H and O–H groups in total. The third-order valence-electron chi connectivity index (χ3n) is 2.00. The summed E-state index contributed by atoms with van der Waals surface area (Å²) in [5.74, 6) is 0.386. The van der Waals surface area contributed by atoms with Crippen LogP contribution in [0, 0.1) is 0 Å². The van der Waals surface area contributed by atoms with Gasteiger partial charge in [0.2, 0.25) is 5.91 Å². The monoisotopic (exact) mass is 207 g/mol. The van der Waals surface area contributed by atoms with E-state index in [9.17, 15) is 4.79 Å². The molecule has 0 spiro atoms. The smallest absolute Gasteiger partial charge is 0.223 e. The summed E-state index contributed by atoms with van der Waals surface area (Å²) in [5, 5.41) is 8.83. The normalized spacial score (nSPS) is 23.2. The van der Waals surface area contributed by atoms with E-state index in [0.717, 1.165) is 0 Å². The molecule has 1 saturated heterocycles. The minimum absolute atomic E-state index is 0.0370. The first-order chi connectivity index (χ1) is 6.27. The van der Waals surface area contributed by atoms with Gasteiger partial charge in [0.25, 0.3) is 0 Å². The maximum atomic E-state index is 11.4. The zero-order valence-corrected chi connectivity index (χ0v) is 8.16. The second-order valence-electron chi connectivity index (χ2n) is 2.95. The van der Waals surface area contributed by atoms with Crippen molar-refractivity contribution >= 4 is 17.5 Å². The van der Waals surface area contributed by atoms with Gasteiger partial charge in [-0.05, 0) is 0 Å². The number of amides is 1. The number of carbonyl (C=O) groups is 1. The third kappa shape index (κ3) is 3.14. The zero-order chi connectivity index (χ0) is 9.68. The van der Waals surface area contributed by atoms with Crippen LogP contribution in [-0.4, -0.2) is 54.2 Å². The summed E-state index contributed by atoms with van der Waals surface area (Å²) in [5.41, 5.74) is 0. The molecule has 4 nitrogen and oxygen atoms in total. The predicted octanol–water partition coefficient (Wildman–Crippen LogP) is -0.165. The second kappa shape index (κ2) is 5.42. The number of halogens is 1. The van der Waals surface area contributed by atoms with Gasteiger partial charge < -0.3 is 14.7 Å². The summed E-state index contributed by atoms with van der Waals surface area (Å²) in [4.78, 5) is 13.1. The van der Waals surface area contributed by atoms with Crippen molar-refractivity contribution in [2.24, 2.45) is 0 Å². The molecule has 1 unspecified atom stereocenters. The molecule has 1 heterocycles. The molecule has 76 valence electrons. The number of morpholine rings is 1. The molecule has 1 atom stereocenters. The highest BCUT2D eigenvalue weighted by Crippen LogP contribution is 2.06. The Morgan fingerprint density at radius 3 is 3.08 bits per heavy atom. The fourth-order valence-electron chi connectivity index (χ4n) is 1.30. The van der Waals surface area contributed by atoms with E-state index >= 15 is 0 Å². The van der Waals surface area contributed by atoms with Crippen LogP contribution in [0.15, 0.2) is 0 Å². The van der Waals surface area contributed by atoms with Gasteiger partial charge in [0.05, 0.1) is 19.3 Å². The number of ether oxygens (including phenoxy) is 1. The van der Waals surface area contributed by atoms with Crippen LogP contribution in [0.25, 0.3) is 0 Å². The molecule has 1 amide bonds. The second-order valence-corrected chi connectivity index (χ2v) is 3.33. The molecule has 1 fully saturated rings. The van der Waals surface area contributed by atoms with Gasteiger partial charge in [-0.3, -0.25) is 4.79 Å². The Morgan fingerprint density at radius 2 is 2.46 bits per heavy atom. The standard InChI is InChI=1S/C8H14ClNO3/c9-2-1-8(12)10-3-4-13-7(5-10)6-11/h7,11H,1-6H2. The number of hydrogen-bond donors (Lipinski definition) is 1. The lowest BCUT2D eigenvalue weighted by atomic mass is 10.2. The van der Waals surface area contributed by atoms with Crippen LogP contribution in [0.2, 0.25) is 0 Å². The molecular weight excluding hydrogens is 194 g/mol. The van der Waals surface area contributed by atoms with Gasteiger partial charge in [0, 0.05) is 25.4 Å². The minimum Gasteiger partial charge on any atom is -0.394 e. The molecule has 13 heavy (non-hydrogen) atoms. The molecule has 0 aromatic carbocycles. The number of aliphatic hydroxyl groups excluding tert-OH is 1. The van der Waals surface area contributed by atoms with E-state index in [-0.39, 0.29) is 18.6 Å². The first kappa shape index (κ1) is 10.8. The fourth-order valence-corrected chi connectivity index (χ4v) is 1.46. The Bertz CT molecular complexity index is 177. The maximum absolute atomic E-state index is 11.4. The van der Waals surface area contributed by atoms with Crippen molar-refractivity contribution in [1.29, 1.82) is 0 Å². The van der Waals surface area contributed by atoms with E-state index in [1.165, 1.54) is 0 Å².